The number of aromatic nitrogens is 2. The zero-order valence-electron chi connectivity index (χ0n) is 22.6. The summed E-state index contributed by atoms with van der Waals surface area (Å²) >= 11 is 0. The van der Waals surface area contributed by atoms with Crippen molar-refractivity contribution in [2.45, 2.75) is 77.7 Å². The number of benzene rings is 1. The number of hydrogen-bond acceptors (Lipinski definition) is 5. The van der Waals surface area contributed by atoms with E-state index in [9.17, 15) is 14.4 Å². The Morgan fingerprint density at radius 3 is 2.45 bits per heavy atom. The Morgan fingerprint density at radius 2 is 1.74 bits per heavy atom. The molecule has 5 rings (SSSR count). The predicted molar refractivity (Wildman–Crippen MR) is 145 cm³/mol. The van der Waals surface area contributed by atoms with Gasteiger partial charge in [-0.3, -0.25) is 19.1 Å². The smallest absolute Gasteiger partial charge is 0.269 e. The Kier molecular flexibility index (Phi) is 8.27. The number of hydrogen-bond donors (Lipinski definition) is 1. The third-order valence-corrected chi connectivity index (χ3v) is 8.54. The summed E-state index contributed by atoms with van der Waals surface area (Å²) in [7, 11) is 0. The molecule has 8 nitrogen and oxygen atoms in total. The molecular weight excluding hydrogens is 480 g/mol. The molecule has 2 amide bonds. The van der Waals surface area contributed by atoms with E-state index in [2.05, 4.69) is 5.32 Å². The zero-order chi connectivity index (χ0) is 26.5. The van der Waals surface area contributed by atoms with Gasteiger partial charge in [-0.15, -0.1) is 0 Å². The fraction of sp³-hybridized carbons (Fsp3) is 0.600. The van der Waals surface area contributed by atoms with Crippen molar-refractivity contribution in [1.29, 1.82) is 0 Å². The van der Waals surface area contributed by atoms with E-state index in [1.165, 1.54) is 6.42 Å². The van der Waals surface area contributed by atoms with Crippen LogP contribution in [0.15, 0.2) is 24.3 Å². The fourth-order valence-electron chi connectivity index (χ4n) is 6.17. The van der Waals surface area contributed by atoms with Crippen molar-refractivity contribution >= 4 is 17.6 Å². The molecule has 1 aromatic carbocycles. The van der Waals surface area contributed by atoms with Gasteiger partial charge in [-0.1, -0.05) is 12.1 Å². The molecule has 0 unspecified atom stereocenters. The van der Waals surface area contributed by atoms with Crippen LogP contribution < -0.4 is 5.32 Å². The van der Waals surface area contributed by atoms with E-state index < -0.39 is 0 Å². The Balaban J connectivity index is 1.18. The third kappa shape index (κ3) is 5.70. The number of nitrogens with one attached hydrogen (secondary N) is 1. The maximum atomic E-state index is 13.0. The van der Waals surface area contributed by atoms with Crippen LogP contribution in [0.2, 0.25) is 0 Å². The number of carbonyl (C=O) groups is 3. The minimum Gasteiger partial charge on any atom is -0.381 e. The quantitative estimate of drug-likeness (QED) is 0.416. The third-order valence-electron chi connectivity index (χ3n) is 8.54. The maximum absolute atomic E-state index is 13.0. The van der Waals surface area contributed by atoms with Gasteiger partial charge >= 0.3 is 0 Å². The van der Waals surface area contributed by atoms with E-state index >= 15 is 0 Å². The first-order valence-electron chi connectivity index (χ1n) is 14.4. The molecule has 8 heteroatoms. The van der Waals surface area contributed by atoms with Crippen LogP contribution in [0.5, 0.6) is 0 Å². The lowest BCUT2D eigenvalue weighted by Gasteiger charge is -2.36. The number of amides is 2. The molecule has 0 radical (unpaired) electrons. The molecular formula is C30H40N4O4. The lowest BCUT2D eigenvalue weighted by molar-refractivity contribution is 0.0160. The number of likely N-dealkylation sites (tertiary alicyclic amines) is 1. The highest BCUT2D eigenvalue weighted by molar-refractivity contribution is 5.99. The van der Waals surface area contributed by atoms with Crippen LogP contribution in [0, 0.1) is 5.41 Å². The summed E-state index contributed by atoms with van der Waals surface area (Å²) in [6.45, 7) is 6.46. The van der Waals surface area contributed by atoms with Crippen LogP contribution >= 0.6 is 0 Å². The number of unbranched alkanes of at least 4 members (excludes halogenated alkanes) is 1. The largest absolute Gasteiger partial charge is 0.381 e. The van der Waals surface area contributed by atoms with E-state index in [0.29, 0.717) is 36.3 Å². The Bertz CT molecular complexity index is 1160. The predicted octanol–water partition coefficient (Wildman–Crippen LogP) is 4.21. The van der Waals surface area contributed by atoms with Crippen molar-refractivity contribution in [3.63, 3.8) is 0 Å². The van der Waals surface area contributed by atoms with Gasteiger partial charge < -0.3 is 15.0 Å². The number of ketones is 1. The van der Waals surface area contributed by atoms with Crippen LogP contribution in [0.4, 0.5) is 0 Å². The molecule has 1 spiro atoms. The summed E-state index contributed by atoms with van der Waals surface area (Å²) in [6, 6.07) is 7.14. The van der Waals surface area contributed by atoms with Crippen LogP contribution in [-0.4, -0.2) is 65.1 Å². The molecule has 2 aromatic rings. The fourth-order valence-corrected chi connectivity index (χ4v) is 6.17. The van der Waals surface area contributed by atoms with E-state index in [-0.39, 0.29) is 23.0 Å². The highest BCUT2D eigenvalue weighted by Gasteiger charge is 2.39. The van der Waals surface area contributed by atoms with Crippen molar-refractivity contribution < 1.29 is 19.1 Å². The number of nitrogens with zero attached hydrogens (tertiary/aromatic N) is 3. The van der Waals surface area contributed by atoms with Gasteiger partial charge in [0.2, 0.25) is 0 Å². The lowest BCUT2D eigenvalue weighted by atomic mass is 9.75. The van der Waals surface area contributed by atoms with Gasteiger partial charge in [-0.2, -0.15) is 5.10 Å². The number of rotatable bonds is 8. The molecule has 1 N–H and O–H groups in total. The molecule has 4 heterocycles. The maximum Gasteiger partial charge on any atom is 0.269 e. The average Bonchev–Trinajstić information content (AvgIpc) is 3.24. The SMILES string of the molecule is CCn1nc(CCCCC(=O)c2ccc(C(=O)N3CCCCC3)cc2)c2c1C(=O)NCC1(CCOCC1)C2. The van der Waals surface area contributed by atoms with E-state index in [1.54, 1.807) is 24.3 Å². The van der Waals surface area contributed by atoms with E-state index in [0.717, 1.165) is 88.9 Å². The second kappa shape index (κ2) is 11.8. The first kappa shape index (κ1) is 26.6. The van der Waals surface area contributed by atoms with Crippen LogP contribution in [0.25, 0.3) is 0 Å². The summed E-state index contributed by atoms with van der Waals surface area (Å²) in [5.41, 5.74) is 4.14. The first-order chi connectivity index (χ1) is 18.5. The summed E-state index contributed by atoms with van der Waals surface area (Å²) < 4.78 is 7.45. The molecule has 2 fully saturated rings. The standard InChI is InChI=1S/C30H40N4O4/c1-2-34-27-24(20-30(21-31-28(27)36)14-18-38-19-15-30)25(32-34)8-4-5-9-26(35)22-10-12-23(13-11-22)29(37)33-16-6-3-7-17-33/h10-13H,2-9,14-21H2,1H3,(H,31,36). The second-order valence-electron chi connectivity index (χ2n) is 11.1. The molecule has 3 aliphatic heterocycles. The molecule has 3 aliphatic rings. The molecule has 204 valence electrons. The zero-order valence-corrected chi connectivity index (χ0v) is 22.6. The van der Waals surface area contributed by atoms with Crippen LogP contribution in [0.1, 0.15) is 101 Å². The topological polar surface area (TPSA) is 93.5 Å². The van der Waals surface area contributed by atoms with Crippen molar-refractivity contribution in [1.82, 2.24) is 20.0 Å². The van der Waals surface area contributed by atoms with Crippen molar-refractivity contribution in [3.05, 3.63) is 52.3 Å². The van der Waals surface area contributed by atoms with Crippen LogP contribution in [0.3, 0.4) is 0 Å². The normalized spacial score (nSPS) is 19.1. The van der Waals surface area contributed by atoms with Gasteiger partial charge in [0, 0.05) is 62.5 Å². The van der Waals surface area contributed by atoms with Gasteiger partial charge in [0.1, 0.15) is 5.69 Å². The molecule has 2 saturated heterocycles. The van der Waals surface area contributed by atoms with Crippen LogP contribution in [-0.2, 0) is 24.1 Å². The highest BCUT2D eigenvalue weighted by Crippen LogP contribution is 2.38. The van der Waals surface area contributed by atoms with Crippen molar-refractivity contribution in [2.75, 3.05) is 32.8 Å². The number of piperidine rings is 1. The highest BCUT2D eigenvalue weighted by atomic mass is 16.5. The Morgan fingerprint density at radius 1 is 1.03 bits per heavy atom. The number of ether oxygens (including phenoxy) is 1. The first-order valence-corrected chi connectivity index (χ1v) is 14.4. The summed E-state index contributed by atoms with van der Waals surface area (Å²) in [5.74, 6) is 0.132. The number of fused-ring (bicyclic) bond motifs is 1. The lowest BCUT2D eigenvalue weighted by Crippen LogP contribution is -2.40. The van der Waals surface area contributed by atoms with Crippen molar-refractivity contribution in [2.24, 2.45) is 5.41 Å². The Hall–Kier alpha value is -3.00. The van der Waals surface area contributed by atoms with Gasteiger partial charge in [0.05, 0.1) is 5.69 Å². The molecule has 0 saturated carbocycles. The monoisotopic (exact) mass is 520 g/mol. The average molecular weight is 521 g/mol. The summed E-state index contributed by atoms with van der Waals surface area (Å²) in [4.78, 5) is 40.4. The van der Waals surface area contributed by atoms with E-state index in [1.807, 2.05) is 16.5 Å². The molecule has 1 aromatic heterocycles. The minimum absolute atomic E-state index is 0.0265. The minimum atomic E-state index is -0.0265. The number of aryl methyl sites for hydroxylation is 2. The molecule has 38 heavy (non-hydrogen) atoms. The second-order valence-corrected chi connectivity index (χ2v) is 11.1. The number of carbonyl (C=O) groups excluding carboxylic acids is 3. The van der Waals surface area contributed by atoms with Crippen molar-refractivity contribution in [3.8, 4) is 0 Å². The van der Waals surface area contributed by atoms with Gasteiger partial charge in [0.15, 0.2) is 5.78 Å². The summed E-state index contributed by atoms with van der Waals surface area (Å²) in [5, 5.41) is 7.98. The Labute approximate surface area is 225 Å². The van der Waals surface area contributed by atoms with E-state index in [4.69, 9.17) is 9.84 Å². The van der Waals surface area contributed by atoms with Gasteiger partial charge in [-0.25, -0.2) is 0 Å². The van der Waals surface area contributed by atoms with Gasteiger partial charge in [0.25, 0.3) is 11.8 Å². The summed E-state index contributed by atoms with van der Waals surface area (Å²) in [6.07, 6.45) is 8.85. The number of Topliss-reactive ketones (excluding diaryl/α,β-unsaturated/α-hetero) is 1. The molecule has 0 aliphatic carbocycles. The van der Waals surface area contributed by atoms with Gasteiger partial charge in [-0.05, 0) is 82.3 Å². The molecule has 0 atom stereocenters. The molecule has 0 bridgehead atoms.